The van der Waals surface area contributed by atoms with Crippen molar-refractivity contribution in [1.82, 2.24) is 5.32 Å². The van der Waals surface area contributed by atoms with E-state index in [4.69, 9.17) is 11.6 Å². The van der Waals surface area contributed by atoms with Gasteiger partial charge in [0.05, 0.1) is 0 Å². The number of nitrogens with one attached hydrogen (secondary N) is 1. The molecular weight excluding hydrogens is 234 g/mol. The zero-order valence-electron chi connectivity index (χ0n) is 10.3. The molecule has 17 heavy (non-hydrogen) atoms. The number of carbonyl (C=O) groups is 1. The third-order valence-electron chi connectivity index (χ3n) is 2.56. The van der Waals surface area contributed by atoms with E-state index in [-0.39, 0.29) is 11.3 Å². The maximum atomic E-state index is 11.3. The van der Waals surface area contributed by atoms with E-state index in [9.17, 15) is 4.79 Å². The van der Waals surface area contributed by atoms with Crippen LogP contribution in [0.15, 0.2) is 24.3 Å². The molecule has 0 bridgehead atoms. The van der Waals surface area contributed by atoms with Gasteiger partial charge in [-0.2, -0.15) is 0 Å². The Balaban J connectivity index is 2.70. The summed E-state index contributed by atoms with van der Waals surface area (Å²) in [5.74, 6) is 4.79. The van der Waals surface area contributed by atoms with Crippen LogP contribution < -0.4 is 5.32 Å². The average Bonchev–Trinajstić information content (AvgIpc) is 2.28. The van der Waals surface area contributed by atoms with Crippen molar-refractivity contribution in [3.05, 3.63) is 34.9 Å². The lowest BCUT2D eigenvalue weighted by Crippen LogP contribution is -2.36. The maximum absolute atomic E-state index is 11.3. The van der Waals surface area contributed by atoms with Crippen LogP contribution in [-0.4, -0.2) is 12.5 Å². The number of hydrogen-bond acceptors (Lipinski definition) is 1. The molecule has 1 aromatic rings. The standard InChI is InChI=1S/C14H16ClNO/c1-4-5-13(17)16-10-14(2,3)11-6-8-12(15)9-7-11/h6-9H,10H2,1-3H3,(H,16,17). The third-order valence-corrected chi connectivity index (χ3v) is 2.81. The number of benzene rings is 1. The van der Waals surface area contributed by atoms with Crippen LogP contribution in [0.2, 0.25) is 5.02 Å². The molecule has 3 heteroatoms. The minimum absolute atomic E-state index is 0.143. The summed E-state index contributed by atoms with van der Waals surface area (Å²) in [6, 6.07) is 7.65. The first kappa shape index (κ1) is 13.6. The molecular formula is C14H16ClNO. The topological polar surface area (TPSA) is 29.1 Å². The molecule has 0 unspecified atom stereocenters. The van der Waals surface area contributed by atoms with E-state index in [1.54, 1.807) is 6.92 Å². The molecule has 0 spiro atoms. The fraction of sp³-hybridized carbons (Fsp3) is 0.357. The Morgan fingerprint density at radius 2 is 1.94 bits per heavy atom. The molecule has 0 saturated carbocycles. The third kappa shape index (κ3) is 4.13. The van der Waals surface area contributed by atoms with Crippen LogP contribution >= 0.6 is 11.6 Å². The van der Waals surface area contributed by atoms with Gasteiger partial charge in [0.15, 0.2) is 0 Å². The van der Waals surface area contributed by atoms with Crippen LogP contribution in [0.4, 0.5) is 0 Å². The molecule has 0 aliphatic rings. The second-order valence-electron chi connectivity index (χ2n) is 4.45. The van der Waals surface area contributed by atoms with Gasteiger partial charge < -0.3 is 5.32 Å². The second-order valence-corrected chi connectivity index (χ2v) is 4.88. The lowest BCUT2D eigenvalue weighted by atomic mass is 9.84. The first-order valence-electron chi connectivity index (χ1n) is 5.42. The van der Waals surface area contributed by atoms with Crippen molar-refractivity contribution in [3.63, 3.8) is 0 Å². The highest BCUT2D eigenvalue weighted by molar-refractivity contribution is 6.30. The largest absolute Gasteiger partial charge is 0.344 e. The minimum Gasteiger partial charge on any atom is -0.344 e. The van der Waals surface area contributed by atoms with E-state index < -0.39 is 0 Å². The Morgan fingerprint density at radius 1 is 1.35 bits per heavy atom. The zero-order chi connectivity index (χ0) is 12.9. The van der Waals surface area contributed by atoms with Gasteiger partial charge >= 0.3 is 0 Å². The van der Waals surface area contributed by atoms with Crippen LogP contribution in [0.25, 0.3) is 0 Å². The molecule has 0 aromatic heterocycles. The Hall–Kier alpha value is -1.46. The van der Waals surface area contributed by atoms with E-state index in [0.717, 1.165) is 5.56 Å². The minimum atomic E-state index is -0.241. The first-order chi connectivity index (χ1) is 7.95. The van der Waals surface area contributed by atoms with E-state index in [2.05, 4.69) is 31.0 Å². The lowest BCUT2D eigenvalue weighted by molar-refractivity contribution is -0.115. The molecule has 1 N–H and O–H groups in total. The van der Waals surface area contributed by atoms with Gasteiger partial charge in [-0.15, -0.1) is 0 Å². The molecule has 0 heterocycles. The van der Waals surface area contributed by atoms with Gasteiger partial charge in [-0.1, -0.05) is 43.5 Å². The van der Waals surface area contributed by atoms with E-state index >= 15 is 0 Å². The van der Waals surface area contributed by atoms with Gasteiger partial charge in [0, 0.05) is 17.0 Å². The highest BCUT2D eigenvalue weighted by Gasteiger charge is 2.20. The Labute approximate surface area is 107 Å². The summed E-state index contributed by atoms with van der Waals surface area (Å²) in [5, 5.41) is 3.50. The van der Waals surface area contributed by atoms with Gasteiger partial charge in [0.25, 0.3) is 5.91 Å². The number of amides is 1. The van der Waals surface area contributed by atoms with Gasteiger partial charge in [-0.05, 0) is 30.5 Å². The number of hydrogen-bond donors (Lipinski definition) is 1. The summed E-state index contributed by atoms with van der Waals surface area (Å²) >= 11 is 5.84. The van der Waals surface area contributed by atoms with Crippen LogP contribution in [0, 0.1) is 11.8 Å². The quantitative estimate of drug-likeness (QED) is 0.820. The first-order valence-corrected chi connectivity index (χ1v) is 5.80. The SMILES string of the molecule is CC#CC(=O)NCC(C)(C)c1ccc(Cl)cc1. The maximum Gasteiger partial charge on any atom is 0.295 e. The fourth-order valence-electron chi connectivity index (χ4n) is 1.46. The molecule has 2 nitrogen and oxygen atoms in total. The number of carbonyl (C=O) groups excluding carboxylic acids is 1. The van der Waals surface area contributed by atoms with Crippen LogP contribution in [-0.2, 0) is 10.2 Å². The smallest absolute Gasteiger partial charge is 0.295 e. The molecule has 0 atom stereocenters. The highest BCUT2D eigenvalue weighted by Crippen LogP contribution is 2.23. The van der Waals surface area contributed by atoms with E-state index in [1.165, 1.54) is 0 Å². The second kappa shape index (κ2) is 5.75. The molecule has 1 amide bonds. The number of halogens is 1. The van der Waals surface area contributed by atoms with Gasteiger partial charge in [0.1, 0.15) is 0 Å². The molecule has 0 fully saturated rings. The molecule has 0 aliphatic carbocycles. The molecule has 0 saturated heterocycles. The average molecular weight is 250 g/mol. The monoisotopic (exact) mass is 249 g/mol. The molecule has 1 aromatic carbocycles. The Kier molecular flexibility index (Phi) is 4.60. The summed E-state index contributed by atoms with van der Waals surface area (Å²) in [7, 11) is 0. The van der Waals surface area contributed by atoms with Crippen molar-refractivity contribution < 1.29 is 4.79 Å². The van der Waals surface area contributed by atoms with Crippen LogP contribution in [0.5, 0.6) is 0 Å². The van der Waals surface area contributed by atoms with E-state index in [0.29, 0.717) is 11.6 Å². The lowest BCUT2D eigenvalue weighted by Gasteiger charge is -2.25. The summed E-state index contributed by atoms with van der Waals surface area (Å²) < 4.78 is 0. The zero-order valence-corrected chi connectivity index (χ0v) is 11.1. The molecule has 90 valence electrons. The van der Waals surface area contributed by atoms with Crippen LogP contribution in [0.1, 0.15) is 26.3 Å². The van der Waals surface area contributed by atoms with Crippen molar-refractivity contribution in [1.29, 1.82) is 0 Å². The van der Waals surface area contributed by atoms with Crippen molar-refractivity contribution in [3.8, 4) is 11.8 Å². The molecule has 0 aliphatic heterocycles. The van der Waals surface area contributed by atoms with Gasteiger partial charge in [-0.25, -0.2) is 0 Å². The molecule has 0 radical (unpaired) electrons. The summed E-state index contributed by atoms with van der Waals surface area (Å²) in [6.45, 7) is 6.32. The van der Waals surface area contributed by atoms with Gasteiger partial charge in [0.2, 0.25) is 0 Å². The van der Waals surface area contributed by atoms with Crippen molar-refractivity contribution >= 4 is 17.5 Å². The summed E-state index contributed by atoms with van der Waals surface area (Å²) in [4.78, 5) is 11.3. The summed E-state index contributed by atoms with van der Waals surface area (Å²) in [6.07, 6.45) is 0. The summed E-state index contributed by atoms with van der Waals surface area (Å²) in [5.41, 5.74) is 0.988. The van der Waals surface area contributed by atoms with Crippen molar-refractivity contribution in [2.75, 3.05) is 6.54 Å². The van der Waals surface area contributed by atoms with Gasteiger partial charge in [-0.3, -0.25) is 4.79 Å². The van der Waals surface area contributed by atoms with E-state index in [1.807, 2.05) is 24.3 Å². The predicted octanol–water partition coefficient (Wildman–Crippen LogP) is 2.76. The molecule has 1 rings (SSSR count). The Bertz CT molecular complexity index is 451. The van der Waals surface area contributed by atoms with Crippen LogP contribution in [0.3, 0.4) is 0 Å². The number of rotatable bonds is 3. The van der Waals surface area contributed by atoms with Crippen molar-refractivity contribution in [2.45, 2.75) is 26.2 Å². The highest BCUT2D eigenvalue weighted by atomic mass is 35.5. The fourth-order valence-corrected chi connectivity index (χ4v) is 1.59. The Morgan fingerprint density at radius 3 is 2.47 bits per heavy atom. The van der Waals surface area contributed by atoms with Crippen molar-refractivity contribution in [2.24, 2.45) is 0 Å². The normalized spacial score (nSPS) is 10.4. The predicted molar refractivity (Wildman–Crippen MR) is 70.9 cm³/mol.